The highest BCUT2D eigenvalue weighted by Gasteiger charge is 2.14. The molecule has 0 bridgehead atoms. The summed E-state index contributed by atoms with van der Waals surface area (Å²) in [6.07, 6.45) is 7.97. The summed E-state index contributed by atoms with van der Waals surface area (Å²) in [6.45, 7) is 2.81. The Labute approximate surface area is 92.8 Å². The van der Waals surface area contributed by atoms with Gasteiger partial charge in [0.25, 0.3) is 0 Å². The predicted molar refractivity (Wildman–Crippen MR) is 62.5 cm³/mol. The number of hydrogen-bond acceptors (Lipinski definition) is 2. The van der Waals surface area contributed by atoms with Crippen molar-refractivity contribution in [3.05, 3.63) is 0 Å². The monoisotopic (exact) mass is 212 g/mol. The van der Waals surface area contributed by atoms with Gasteiger partial charge in [0, 0.05) is 19.0 Å². The number of amides is 1. The average molecular weight is 212 g/mol. The van der Waals surface area contributed by atoms with Gasteiger partial charge in [0.05, 0.1) is 0 Å². The Bertz CT molecular complexity index is 186. The van der Waals surface area contributed by atoms with Crippen molar-refractivity contribution in [3.63, 3.8) is 0 Å². The van der Waals surface area contributed by atoms with Crippen molar-refractivity contribution in [2.45, 2.75) is 57.9 Å². The predicted octanol–water partition coefficient (Wildman–Crippen LogP) is 1.81. The molecular formula is C12H24N2O. The molecule has 0 aromatic rings. The molecule has 1 fully saturated rings. The lowest BCUT2D eigenvalue weighted by Crippen LogP contribution is -2.31. The molecule has 0 aliphatic heterocycles. The van der Waals surface area contributed by atoms with Gasteiger partial charge in [-0.3, -0.25) is 4.79 Å². The van der Waals surface area contributed by atoms with E-state index in [0.717, 1.165) is 18.9 Å². The molecule has 1 amide bonds. The van der Waals surface area contributed by atoms with Gasteiger partial charge in [-0.1, -0.05) is 19.3 Å². The molecule has 0 heterocycles. The Balaban J connectivity index is 2.05. The van der Waals surface area contributed by atoms with Gasteiger partial charge in [-0.15, -0.1) is 0 Å². The Kier molecular flexibility index (Phi) is 5.69. The molecule has 1 saturated carbocycles. The summed E-state index contributed by atoms with van der Waals surface area (Å²) in [5.41, 5.74) is 5.60. The standard InChI is InChI=1S/C12H24N2O/c1-10(13)7-8-12(15)14-9-11-5-3-2-4-6-11/h10-11H,2-9,13H2,1H3,(H,14,15). The van der Waals surface area contributed by atoms with Crippen molar-refractivity contribution in [1.29, 1.82) is 0 Å². The van der Waals surface area contributed by atoms with Crippen LogP contribution < -0.4 is 11.1 Å². The highest BCUT2D eigenvalue weighted by Crippen LogP contribution is 2.22. The van der Waals surface area contributed by atoms with Gasteiger partial charge in [0.1, 0.15) is 0 Å². The fourth-order valence-electron chi connectivity index (χ4n) is 2.10. The van der Waals surface area contributed by atoms with Gasteiger partial charge in [0.2, 0.25) is 5.91 Å². The topological polar surface area (TPSA) is 55.1 Å². The third-order valence-electron chi connectivity index (χ3n) is 3.14. The molecule has 3 nitrogen and oxygen atoms in total. The third-order valence-corrected chi connectivity index (χ3v) is 3.14. The molecule has 3 heteroatoms. The lowest BCUT2D eigenvalue weighted by Gasteiger charge is -2.21. The molecule has 0 spiro atoms. The lowest BCUT2D eigenvalue weighted by molar-refractivity contribution is -0.121. The van der Waals surface area contributed by atoms with Crippen LogP contribution in [0.25, 0.3) is 0 Å². The smallest absolute Gasteiger partial charge is 0.220 e. The lowest BCUT2D eigenvalue weighted by atomic mass is 9.89. The fraction of sp³-hybridized carbons (Fsp3) is 0.917. The van der Waals surface area contributed by atoms with E-state index in [1.807, 2.05) is 6.92 Å². The molecule has 88 valence electrons. The SMILES string of the molecule is CC(N)CCC(=O)NCC1CCCCC1. The van der Waals surface area contributed by atoms with Crippen molar-refractivity contribution < 1.29 is 4.79 Å². The zero-order valence-electron chi connectivity index (χ0n) is 9.80. The minimum atomic E-state index is 0.130. The third kappa shape index (κ3) is 5.78. The van der Waals surface area contributed by atoms with E-state index >= 15 is 0 Å². The minimum Gasteiger partial charge on any atom is -0.356 e. The van der Waals surface area contributed by atoms with E-state index in [1.54, 1.807) is 0 Å². The highest BCUT2D eigenvalue weighted by atomic mass is 16.1. The molecular weight excluding hydrogens is 188 g/mol. The summed E-state index contributed by atoms with van der Waals surface area (Å²) in [4.78, 5) is 11.4. The van der Waals surface area contributed by atoms with Gasteiger partial charge in [-0.2, -0.15) is 0 Å². The maximum Gasteiger partial charge on any atom is 0.220 e. The molecule has 3 N–H and O–H groups in total. The van der Waals surface area contributed by atoms with Crippen LogP contribution >= 0.6 is 0 Å². The Hall–Kier alpha value is -0.570. The minimum absolute atomic E-state index is 0.130. The van der Waals surface area contributed by atoms with Crippen LogP contribution in [0.5, 0.6) is 0 Å². The van der Waals surface area contributed by atoms with E-state index in [9.17, 15) is 4.79 Å². The first-order chi connectivity index (χ1) is 7.18. The van der Waals surface area contributed by atoms with Crippen LogP contribution in [0.15, 0.2) is 0 Å². The Morgan fingerprint density at radius 3 is 2.67 bits per heavy atom. The zero-order chi connectivity index (χ0) is 11.1. The summed E-state index contributed by atoms with van der Waals surface area (Å²) in [6, 6.07) is 0.130. The molecule has 0 radical (unpaired) electrons. The van der Waals surface area contributed by atoms with E-state index in [1.165, 1.54) is 32.1 Å². The van der Waals surface area contributed by atoms with Crippen LogP contribution in [0.4, 0.5) is 0 Å². The molecule has 1 aliphatic rings. The number of nitrogens with two attached hydrogens (primary N) is 1. The van der Waals surface area contributed by atoms with Crippen molar-refractivity contribution in [2.24, 2.45) is 11.7 Å². The summed E-state index contributed by atoms with van der Waals surface area (Å²) < 4.78 is 0. The second-order valence-corrected chi connectivity index (χ2v) is 4.82. The van der Waals surface area contributed by atoms with Crippen LogP contribution in [0.2, 0.25) is 0 Å². The Morgan fingerprint density at radius 1 is 1.40 bits per heavy atom. The van der Waals surface area contributed by atoms with Crippen molar-refractivity contribution in [1.82, 2.24) is 5.32 Å². The van der Waals surface area contributed by atoms with Crippen molar-refractivity contribution in [3.8, 4) is 0 Å². The van der Waals surface area contributed by atoms with Crippen LogP contribution in [0.1, 0.15) is 51.9 Å². The quantitative estimate of drug-likeness (QED) is 0.730. The molecule has 1 unspecified atom stereocenters. The van der Waals surface area contributed by atoms with E-state index in [4.69, 9.17) is 5.73 Å². The molecule has 1 aliphatic carbocycles. The molecule has 1 rings (SSSR count). The normalized spacial score (nSPS) is 19.9. The van der Waals surface area contributed by atoms with Crippen molar-refractivity contribution >= 4 is 5.91 Å². The van der Waals surface area contributed by atoms with Crippen LogP contribution in [-0.2, 0) is 4.79 Å². The van der Waals surface area contributed by atoms with Gasteiger partial charge >= 0.3 is 0 Å². The number of nitrogens with one attached hydrogen (secondary N) is 1. The maximum atomic E-state index is 11.4. The summed E-state index contributed by atoms with van der Waals surface area (Å²) >= 11 is 0. The largest absolute Gasteiger partial charge is 0.356 e. The first kappa shape index (κ1) is 12.5. The highest BCUT2D eigenvalue weighted by molar-refractivity contribution is 5.75. The average Bonchev–Trinajstić information content (AvgIpc) is 2.25. The number of hydrogen-bond donors (Lipinski definition) is 2. The van der Waals surface area contributed by atoms with E-state index in [2.05, 4.69) is 5.32 Å². The summed E-state index contributed by atoms with van der Waals surface area (Å²) in [5.74, 6) is 0.885. The van der Waals surface area contributed by atoms with Gasteiger partial charge in [-0.05, 0) is 32.1 Å². The van der Waals surface area contributed by atoms with E-state index in [-0.39, 0.29) is 11.9 Å². The molecule has 15 heavy (non-hydrogen) atoms. The fourth-order valence-corrected chi connectivity index (χ4v) is 2.10. The van der Waals surface area contributed by atoms with E-state index < -0.39 is 0 Å². The van der Waals surface area contributed by atoms with Crippen LogP contribution in [0.3, 0.4) is 0 Å². The molecule has 0 aromatic carbocycles. The molecule has 1 atom stereocenters. The van der Waals surface area contributed by atoms with E-state index in [0.29, 0.717) is 6.42 Å². The second kappa shape index (κ2) is 6.83. The number of carbonyl (C=O) groups excluding carboxylic acids is 1. The Morgan fingerprint density at radius 2 is 2.07 bits per heavy atom. The van der Waals surface area contributed by atoms with Gasteiger partial charge in [-0.25, -0.2) is 0 Å². The number of rotatable bonds is 5. The first-order valence-corrected chi connectivity index (χ1v) is 6.20. The molecule has 0 saturated heterocycles. The second-order valence-electron chi connectivity index (χ2n) is 4.82. The van der Waals surface area contributed by atoms with Crippen LogP contribution in [0, 0.1) is 5.92 Å². The summed E-state index contributed by atoms with van der Waals surface area (Å²) in [5, 5.41) is 3.01. The van der Waals surface area contributed by atoms with Crippen molar-refractivity contribution in [2.75, 3.05) is 6.54 Å². The van der Waals surface area contributed by atoms with Crippen LogP contribution in [-0.4, -0.2) is 18.5 Å². The van der Waals surface area contributed by atoms with Gasteiger partial charge < -0.3 is 11.1 Å². The summed E-state index contributed by atoms with van der Waals surface area (Å²) in [7, 11) is 0. The maximum absolute atomic E-state index is 11.4. The number of carbonyl (C=O) groups is 1. The molecule has 0 aromatic heterocycles. The first-order valence-electron chi connectivity index (χ1n) is 6.20. The zero-order valence-corrected chi connectivity index (χ0v) is 9.80. The van der Waals surface area contributed by atoms with Gasteiger partial charge in [0.15, 0.2) is 0 Å².